The Morgan fingerprint density at radius 3 is 1.43 bits per heavy atom. The molecule has 0 saturated carbocycles. The molecule has 1 aromatic heterocycles. The van der Waals surface area contributed by atoms with Crippen molar-refractivity contribution >= 4 is 34.1 Å². The highest BCUT2D eigenvalue weighted by Gasteiger charge is 2.36. The van der Waals surface area contributed by atoms with Crippen LogP contribution in [0.3, 0.4) is 0 Å². The van der Waals surface area contributed by atoms with E-state index >= 15 is 0 Å². The maximum Gasteiger partial charge on any atom is 0.337 e. The summed E-state index contributed by atoms with van der Waals surface area (Å²) in [5, 5.41) is 68.6. The lowest BCUT2D eigenvalue weighted by molar-refractivity contribution is -0.405. The first-order valence-corrected chi connectivity index (χ1v) is 10.1. The molecule has 0 unspecified atom stereocenters. The number of nitro groups is 6. The zero-order valence-electron chi connectivity index (χ0n) is 19.2. The van der Waals surface area contributed by atoms with Gasteiger partial charge >= 0.3 is 34.5 Å². The number of nitrogens with two attached hydrogens (primary N) is 1. The summed E-state index contributed by atoms with van der Waals surface area (Å²) in [6.07, 6.45) is 0.768. The van der Waals surface area contributed by atoms with Crippen molar-refractivity contribution in [2.45, 2.75) is 6.42 Å². The van der Waals surface area contributed by atoms with Gasteiger partial charge in [0.1, 0.15) is 0 Å². The number of rotatable bonds is 12. The molecule has 0 spiro atoms. The van der Waals surface area contributed by atoms with Gasteiger partial charge in [-0.2, -0.15) is 0 Å². The predicted molar refractivity (Wildman–Crippen MR) is 124 cm³/mol. The lowest BCUT2D eigenvalue weighted by Crippen LogP contribution is -2.16. The van der Waals surface area contributed by atoms with E-state index in [1.165, 1.54) is 0 Å². The standard InChI is InChI=1S/C17H11N9O14/c18-2-1-8-7-19-17(39-15-11(23(31)32)3-9(21(27)28)4-12(15)24(33)34)20(8)40-16-13(25(35)36)5-10(22(29)30)6-14(16)26(37)38/h3-7H,1-2,18H2. The highest BCUT2D eigenvalue weighted by atomic mass is 16.7. The third-order valence-electron chi connectivity index (χ3n) is 4.81. The molecule has 1 heterocycles. The van der Waals surface area contributed by atoms with Gasteiger partial charge in [-0.25, -0.2) is 4.98 Å². The lowest BCUT2D eigenvalue weighted by Gasteiger charge is -2.13. The molecule has 2 N–H and O–H groups in total. The Balaban J connectivity index is 2.28. The van der Waals surface area contributed by atoms with Crippen molar-refractivity contribution in [3.05, 3.63) is 96.8 Å². The molecule has 0 aliphatic heterocycles. The van der Waals surface area contributed by atoms with E-state index in [0.717, 1.165) is 6.20 Å². The number of hydrogen-bond donors (Lipinski definition) is 1. The quantitative estimate of drug-likeness (QED) is 0.243. The van der Waals surface area contributed by atoms with Crippen LogP contribution in [0.5, 0.6) is 17.5 Å². The van der Waals surface area contributed by atoms with Gasteiger partial charge in [0.2, 0.25) is 0 Å². The molecule has 40 heavy (non-hydrogen) atoms. The van der Waals surface area contributed by atoms with Gasteiger partial charge in [0, 0.05) is 6.42 Å². The fourth-order valence-corrected chi connectivity index (χ4v) is 3.14. The summed E-state index contributed by atoms with van der Waals surface area (Å²) >= 11 is 0. The van der Waals surface area contributed by atoms with E-state index in [4.69, 9.17) is 15.3 Å². The smallest absolute Gasteiger partial charge is 0.337 e. The highest BCUT2D eigenvalue weighted by Crippen LogP contribution is 2.44. The van der Waals surface area contributed by atoms with Crippen molar-refractivity contribution in [3.8, 4) is 17.5 Å². The normalized spacial score (nSPS) is 10.5. The number of hydrogen-bond acceptors (Lipinski definition) is 16. The fourth-order valence-electron chi connectivity index (χ4n) is 3.14. The van der Waals surface area contributed by atoms with Crippen molar-refractivity contribution < 1.29 is 39.1 Å². The Labute approximate surface area is 216 Å². The molecule has 2 aromatic carbocycles. The third-order valence-corrected chi connectivity index (χ3v) is 4.81. The summed E-state index contributed by atoms with van der Waals surface area (Å²) in [4.78, 5) is 70.4. The van der Waals surface area contributed by atoms with Crippen LogP contribution >= 0.6 is 0 Å². The van der Waals surface area contributed by atoms with Crippen LogP contribution in [0.25, 0.3) is 0 Å². The van der Waals surface area contributed by atoms with Crippen molar-refractivity contribution in [2.75, 3.05) is 6.54 Å². The summed E-state index contributed by atoms with van der Waals surface area (Å²) in [5.41, 5.74) is -1.75. The maximum absolute atomic E-state index is 11.6. The molecule has 0 amide bonds. The summed E-state index contributed by atoms with van der Waals surface area (Å²) in [6.45, 7) is -0.156. The van der Waals surface area contributed by atoms with Gasteiger partial charge in [0.05, 0.1) is 65.7 Å². The number of ether oxygens (including phenoxy) is 1. The Morgan fingerprint density at radius 2 is 1.07 bits per heavy atom. The van der Waals surface area contributed by atoms with Crippen LogP contribution in [0.1, 0.15) is 5.69 Å². The molecule has 0 fully saturated rings. The first kappa shape index (κ1) is 28.2. The number of aromatic nitrogens is 2. The Hall–Kier alpha value is -6.39. The van der Waals surface area contributed by atoms with Crippen LogP contribution in [-0.2, 0) is 6.42 Å². The molecule has 0 aliphatic carbocycles. The predicted octanol–water partition coefficient (Wildman–Crippen LogP) is 2.47. The van der Waals surface area contributed by atoms with Gasteiger partial charge < -0.3 is 15.3 Å². The van der Waals surface area contributed by atoms with E-state index in [1.54, 1.807) is 0 Å². The second kappa shape index (κ2) is 10.9. The van der Waals surface area contributed by atoms with E-state index in [-0.39, 0.29) is 18.7 Å². The highest BCUT2D eigenvalue weighted by molar-refractivity contribution is 5.67. The van der Waals surface area contributed by atoms with Crippen LogP contribution < -0.4 is 15.3 Å². The summed E-state index contributed by atoms with van der Waals surface area (Å²) < 4.78 is 5.64. The monoisotopic (exact) mass is 565 g/mol. The molecule has 0 radical (unpaired) electrons. The zero-order valence-corrected chi connectivity index (χ0v) is 19.2. The van der Waals surface area contributed by atoms with Gasteiger partial charge in [0.25, 0.3) is 17.1 Å². The Bertz CT molecular complexity index is 1530. The lowest BCUT2D eigenvalue weighted by atomic mass is 10.2. The van der Waals surface area contributed by atoms with Crippen molar-refractivity contribution in [2.24, 2.45) is 5.73 Å². The van der Waals surface area contributed by atoms with Crippen molar-refractivity contribution in [3.63, 3.8) is 0 Å². The number of nitro benzene ring substituents is 6. The van der Waals surface area contributed by atoms with Crippen LogP contribution in [0.15, 0.2) is 30.5 Å². The second-order valence-electron chi connectivity index (χ2n) is 7.23. The average Bonchev–Trinajstić information content (AvgIpc) is 3.23. The van der Waals surface area contributed by atoms with E-state index in [9.17, 15) is 60.7 Å². The van der Waals surface area contributed by atoms with Crippen molar-refractivity contribution in [1.82, 2.24) is 9.71 Å². The average molecular weight is 565 g/mol. The molecule has 3 aromatic rings. The van der Waals surface area contributed by atoms with E-state index < -0.39 is 81.2 Å². The van der Waals surface area contributed by atoms with Crippen LogP contribution in [0.4, 0.5) is 34.1 Å². The van der Waals surface area contributed by atoms with Crippen molar-refractivity contribution in [1.29, 1.82) is 0 Å². The van der Waals surface area contributed by atoms with Gasteiger partial charge in [-0.3, -0.25) is 60.7 Å². The minimum absolute atomic E-state index is 0.133. The molecule has 23 nitrogen and oxygen atoms in total. The minimum Gasteiger partial charge on any atom is -0.409 e. The van der Waals surface area contributed by atoms with Crippen LogP contribution in [-0.4, -0.2) is 45.8 Å². The third kappa shape index (κ3) is 5.47. The van der Waals surface area contributed by atoms with Gasteiger partial charge in [-0.1, -0.05) is 0 Å². The molecule has 0 saturated heterocycles. The minimum atomic E-state index is -1.26. The van der Waals surface area contributed by atoms with Crippen LogP contribution in [0, 0.1) is 60.7 Å². The Morgan fingerprint density at radius 1 is 0.675 bits per heavy atom. The molecule has 208 valence electrons. The maximum atomic E-state index is 11.6. The van der Waals surface area contributed by atoms with E-state index in [0.29, 0.717) is 29.0 Å². The molecule has 23 heteroatoms. The van der Waals surface area contributed by atoms with E-state index in [2.05, 4.69) is 4.98 Å². The molecular formula is C17H11N9O14. The van der Waals surface area contributed by atoms with Gasteiger partial charge in [-0.15, -0.1) is 4.73 Å². The molecular weight excluding hydrogens is 554 g/mol. The molecule has 0 bridgehead atoms. The molecule has 0 atom stereocenters. The first-order valence-electron chi connectivity index (χ1n) is 10.1. The largest absolute Gasteiger partial charge is 0.409 e. The summed E-state index contributed by atoms with van der Waals surface area (Å²) in [5.74, 6) is -2.35. The van der Waals surface area contributed by atoms with Gasteiger partial charge in [0.15, 0.2) is 0 Å². The Kier molecular flexibility index (Phi) is 7.70. The zero-order chi connectivity index (χ0) is 29.9. The number of nitrogens with zero attached hydrogens (tertiary/aromatic N) is 8. The first-order chi connectivity index (χ1) is 18.8. The number of benzene rings is 2. The topological polar surface area (TPSA) is 321 Å². The van der Waals surface area contributed by atoms with Gasteiger partial charge in [-0.05, 0) is 6.54 Å². The van der Waals surface area contributed by atoms with Crippen LogP contribution in [0.2, 0.25) is 0 Å². The number of imidazole rings is 1. The SMILES string of the molecule is NCCc1cnc(Oc2c([N+](=O)[O-])cc([N+](=O)[O-])cc2[N+](=O)[O-])n1Oc1c([N+](=O)[O-])cc([N+](=O)[O-])cc1[N+](=O)[O-]. The van der Waals surface area contributed by atoms with E-state index in [1.807, 2.05) is 0 Å². The molecule has 0 aliphatic rings. The molecule has 3 rings (SSSR count). The second-order valence-corrected chi connectivity index (χ2v) is 7.23. The fraction of sp³-hybridized carbons (Fsp3) is 0.118. The summed E-state index contributed by atoms with van der Waals surface area (Å²) in [7, 11) is 0. The number of non-ortho nitro benzene ring substituents is 2. The summed E-state index contributed by atoms with van der Waals surface area (Å²) in [6, 6.07) is 0.487.